The van der Waals surface area contributed by atoms with Gasteiger partial charge in [0.25, 0.3) is 5.91 Å². The predicted molar refractivity (Wildman–Crippen MR) is 109 cm³/mol. The zero-order chi connectivity index (χ0) is 19.6. The number of hydrogen-bond donors (Lipinski definition) is 1. The van der Waals surface area contributed by atoms with Gasteiger partial charge in [0.05, 0.1) is 0 Å². The van der Waals surface area contributed by atoms with Crippen molar-refractivity contribution in [3.05, 3.63) is 63.7 Å². The van der Waals surface area contributed by atoms with E-state index in [2.05, 4.69) is 5.32 Å². The molecule has 1 heterocycles. The van der Waals surface area contributed by atoms with Crippen LogP contribution in [0.3, 0.4) is 0 Å². The van der Waals surface area contributed by atoms with E-state index in [1.54, 1.807) is 6.07 Å². The third kappa shape index (κ3) is 4.51. The fourth-order valence-corrected chi connectivity index (χ4v) is 3.50. The van der Waals surface area contributed by atoms with Crippen molar-refractivity contribution in [3.8, 4) is 0 Å². The van der Waals surface area contributed by atoms with Gasteiger partial charge in [-0.2, -0.15) is 0 Å². The highest BCUT2D eigenvalue weighted by Gasteiger charge is 2.28. The quantitative estimate of drug-likeness (QED) is 0.829. The maximum absolute atomic E-state index is 12.7. The topological polar surface area (TPSA) is 49.4 Å². The van der Waals surface area contributed by atoms with Gasteiger partial charge in [-0.1, -0.05) is 23.7 Å². The molecular weight excluding hydrogens is 360 g/mol. The summed E-state index contributed by atoms with van der Waals surface area (Å²) in [6, 6.07) is 11.3. The van der Waals surface area contributed by atoms with E-state index in [-0.39, 0.29) is 17.7 Å². The van der Waals surface area contributed by atoms with E-state index in [4.69, 9.17) is 11.6 Å². The third-order valence-corrected chi connectivity index (χ3v) is 5.75. The van der Waals surface area contributed by atoms with Crippen molar-refractivity contribution in [2.24, 2.45) is 5.92 Å². The molecule has 0 saturated carbocycles. The van der Waals surface area contributed by atoms with E-state index in [0.717, 1.165) is 16.7 Å². The monoisotopic (exact) mass is 384 g/mol. The standard InChI is InChI=1S/C22H25ClN2O2/c1-14-4-6-18(12-16(14)3)22(27)25-10-8-17(9-11-25)21(26)24-19-7-5-15(2)20(23)13-19/h4-7,12-13,17H,8-11H2,1-3H3,(H,24,26). The van der Waals surface area contributed by atoms with Crippen LogP contribution in [-0.4, -0.2) is 29.8 Å². The minimum atomic E-state index is -0.0890. The molecule has 27 heavy (non-hydrogen) atoms. The number of amides is 2. The number of nitrogens with zero attached hydrogens (tertiary/aromatic N) is 1. The fourth-order valence-electron chi connectivity index (χ4n) is 3.32. The Bertz CT molecular complexity index is 871. The molecule has 1 saturated heterocycles. The van der Waals surface area contributed by atoms with Gasteiger partial charge in [-0.25, -0.2) is 0 Å². The molecule has 0 aliphatic carbocycles. The largest absolute Gasteiger partial charge is 0.339 e. The first kappa shape index (κ1) is 19.4. The summed E-state index contributed by atoms with van der Waals surface area (Å²) in [7, 11) is 0. The number of hydrogen-bond acceptors (Lipinski definition) is 2. The number of aryl methyl sites for hydroxylation is 3. The van der Waals surface area contributed by atoms with Crippen LogP contribution in [0.4, 0.5) is 5.69 Å². The first-order chi connectivity index (χ1) is 12.8. The van der Waals surface area contributed by atoms with Gasteiger partial charge in [-0.15, -0.1) is 0 Å². The Morgan fingerprint density at radius 3 is 2.26 bits per heavy atom. The molecule has 3 rings (SSSR count). The number of anilines is 1. The summed E-state index contributed by atoms with van der Waals surface area (Å²) in [6.07, 6.45) is 1.34. The molecule has 0 radical (unpaired) electrons. The van der Waals surface area contributed by atoms with E-state index in [1.807, 2.05) is 56.0 Å². The molecule has 0 atom stereocenters. The summed E-state index contributed by atoms with van der Waals surface area (Å²) >= 11 is 6.12. The van der Waals surface area contributed by atoms with E-state index in [1.165, 1.54) is 5.56 Å². The number of benzene rings is 2. The van der Waals surface area contributed by atoms with E-state index < -0.39 is 0 Å². The summed E-state index contributed by atoms with van der Waals surface area (Å²) in [5, 5.41) is 3.58. The molecule has 1 aliphatic rings. The predicted octanol–water partition coefficient (Wildman–Crippen LogP) is 4.76. The number of halogens is 1. The van der Waals surface area contributed by atoms with Crippen LogP contribution in [0, 0.1) is 26.7 Å². The maximum Gasteiger partial charge on any atom is 0.253 e. The highest BCUT2D eigenvalue weighted by atomic mass is 35.5. The summed E-state index contributed by atoms with van der Waals surface area (Å²) in [4.78, 5) is 27.1. The molecule has 1 fully saturated rings. The van der Waals surface area contributed by atoms with Gasteiger partial charge in [-0.05, 0) is 74.6 Å². The lowest BCUT2D eigenvalue weighted by Gasteiger charge is -2.31. The van der Waals surface area contributed by atoms with E-state index >= 15 is 0 Å². The number of piperidine rings is 1. The summed E-state index contributed by atoms with van der Waals surface area (Å²) in [5.74, 6) is -0.0515. The smallest absolute Gasteiger partial charge is 0.253 e. The minimum absolute atomic E-state index is 0.00630. The van der Waals surface area contributed by atoms with Gasteiger partial charge in [0, 0.05) is 35.3 Å². The van der Waals surface area contributed by atoms with Crippen LogP contribution in [0.5, 0.6) is 0 Å². The van der Waals surface area contributed by atoms with E-state index in [9.17, 15) is 9.59 Å². The third-order valence-electron chi connectivity index (χ3n) is 5.35. The SMILES string of the molecule is Cc1ccc(C(=O)N2CCC(C(=O)Nc3ccc(C)c(Cl)c3)CC2)cc1C. The Morgan fingerprint density at radius 1 is 0.963 bits per heavy atom. The molecule has 4 nitrogen and oxygen atoms in total. The number of nitrogens with one attached hydrogen (secondary N) is 1. The maximum atomic E-state index is 12.7. The van der Waals surface area contributed by atoms with Gasteiger partial charge >= 0.3 is 0 Å². The van der Waals surface area contributed by atoms with Crippen LogP contribution in [0.2, 0.25) is 5.02 Å². The summed E-state index contributed by atoms with van der Waals surface area (Å²) in [5.41, 5.74) is 4.71. The molecule has 2 aromatic carbocycles. The minimum Gasteiger partial charge on any atom is -0.339 e. The Labute approximate surface area is 165 Å². The molecule has 142 valence electrons. The Kier molecular flexibility index (Phi) is 5.85. The van der Waals surface area contributed by atoms with Crippen molar-refractivity contribution in [2.45, 2.75) is 33.6 Å². The van der Waals surface area contributed by atoms with Gasteiger partial charge < -0.3 is 10.2 Å². The van der Waals surface area contributed by atoms with Gasteiger partial charge in [0.1, 0.15) is 0 Å². The van der Waals surface area contributed by atoms with Crippen LogP contribution >= 0.6 is 11.6 Å². The zero-order valence-corrected chi connectivity index (χ0v) is 16.8. The highest BCUT2D eigenvalue weighted by Crippen LogP contribution is 2.24. The highest BCUT2D eigenvalue weighted by molar-refractivity contribution is 6.31. The van der Waals surface area contributed by atoms with E-state index in [0.29, 0.717) is 36.6 Å². The molecule has 2 amide bonds. The molecule has 2 aromatic rings. The van der Waals surface area contributed by atoms with Gasteiger partial charge in [0.2, 0.25) is 5.91 Å². The normalized spacial score (nSPS) is 14.9. The Hall–Kier alpha value is -2.33. The van der Waals surface area contributed by atoms with Crippen molar-refractivity contribution in [1.82, 2.24) is 4.90 Å². The van der Waals surface area contributed by atoms with Crippen molar-refractivity contribution in [1.29, 1.82) is 0 Å². The van der Waals surface area contributed by atoms with Crippen molar-refractivity contribution >= 4 is 29.1 Å². The molecule has 0 bridgehead atoms. The lowest BCUT2D eigenvalue weighted by atomic mass is 9.95. The van der Waals surface area contributed by atoms with Crippen molar-refractivity contribution in [3.63, 3.8) is 0 Å². The van der Waals surface area contributed by atoms with Gasteiger partial charge in [0.15, 0.2) is 0 Å². The second-order valence-corrected chi connectivity index (χ2v) is 7.73. The zero-order valence-electron chi connectivity index (χ0n) is 16.0. The molecule has 0 spiro atoms. The van der Waals surface area contributed by atoms with Gasteiger partial charge in [-0.3, -0.25) is 9.59 Å². The Morgan fingerprint density at radius 2 is 1.63 bits per heavy atom. The molecule has 0 aromatic heterocycles. The van der Waals surface area contributed by atoms with Crippen LogP contribution in [0.25, 0.3) is 0 Å². The second-order valence-electron chi connectivity index (χ2n) is 7.32. The number of carbonyl (C=O) groups excluding carboxylic acids is 2. The van der Waals surface area contributed by atoms with Crippen molar-refractivity contribution in [2.75, 3.05) is 18.4 Å². The average molecular weight is 385 g/mol. The molecular formula is C22H25ClN2O2. The molecule has 5 heteroatoms. The fraction of sp³-hybridized carbons (Fsp3) is 0.364. The summed E-state index contributed by atoms with van der Waals surface area (Å²) in [6.45, 7) is 7.17. The van der Waals surface area contributed by atoms with Crippen LogP contribution in [0.1, 0.15) is 39.9 Å². The average Bonchev–Trinajstić information content (AvgIpc) is 2.66. The van der Waals surface area contributed by atoms with Crippen LogP contribution in [0.15, 0.2) is 36.4 Å². The first-order valence-electron chi connectivity index (χ1n) is 9.28. The number of likely N-dealkylation sites (tertiary alicyclic amines) is 1. The number of rotatable bonds is 3. The first-order valence-corrected chi connectivity index (χ1v) is 9.66. The summed E-state index contributed by atoms with van der Waals surface area (Å²) < 4.78 is 0. The second kappa shape index (κ2) is 8.13. The van der Waals surface area contributed by atoms with Crippen molar-refractivity contribution < 1.29 is 9.59 Å². The lowest BCUT2D eigenvalue weighted by Crippen LogP contribution is -2.41. The molecule has 1 aliphatic heterocycles. The van der Waals surface area contributed by atoms with Crippen LogP contribution in [-0.2, 0) is 4.79 Å². The van der Waals surface area contributed by atoms with Crippen LogP contribution < -0.4 is 5.32 Å². The lowest BCUT2D eigenvalue weighted by molar-refractivity contribution is -0.121. The Balaban J connectivity index is 1.57. The molecule has 0 unspecified atom stereocenters. The molecule has 1 N–H and O–H groups in total. The number of carbonyl (C=O) groups is 2.